The molecule has 1 aromatic rings. The number of urea groups is 1. The van der Waals surface area contributed by atoms with E-state index in [9.17, 15) is 9.59 Å². The van der Waals surface area contributed by atoms with Crippen LogP contribution >= 0.6 is 0 Å². The molecule has 1 aromatic carbocycles. The SMILES string of the molecule is CCC1(c2ccc3c(c2)OCCO3)NC(=O)N(CCO)C1=O. The van der Waals surface area contributed by atoms with Crippen LogP contribution in [0.3, 0.4) is 0 Å². The normalized spacial score (nSPS) is 23.6. The van der Waals surface area contributed by atoms with Crippen LogP contribution in [0.25, 0.3) is 0 Å². The Hall–Kier alpha value is -2.28. The van der Waals surface area contributed by atoms with Crippen molar-refractivity contribution in [3.05, 3.63) is 23.8 Å². The highest BCUT2D eigenvalue weighted by Gasteiger charge is 2.51. The van der Waals surface area contributed by atoms with Crippen molar-refractivity contribution >= 4 is 11.9 Å². The summed E-state index contributed by atoms with van der Waals surface area (Å²) in [6, 6.07) is 4.75. The number of ether oxygens (including phenoxy) is 2. The number of amides is 3. The predicted octanol–water partition coefficient (Wildman–Crippen LogP) is 0.607. The Morgan fingerprint density at radius 3 is 2.68 bits per heavy atom. The first kappa shape index (κ1) is 14.6. The van der Waals surface area contributed by atoms with Crippen molar-refractivity contribution in [3.8, 4) is 11.5 Å². The minimum Gasteiger partial charge on any atom is -0.486 e. The summed E-state index contributed by atoms with van der Waals surface area (Å²) in [6.07, 6.45) is 0.402. The molecule has 2 heterocycles. The molecule has 0 aromatic heterocycles. The third-order valence-corrected chi connectivity index (χ3v) is 4.06. The van der Waals surface area contributed by atoms with E-state index in [0.29, 0.717) is 36.7 Å². The monoisotopic (exact) mass is 306 g/mol. The molecular weight excluding hydrogens is 288 g/mol. The van der Waals surface area contributed by atoms with E-state index in [-0.39, 0.29) is 19.1 Å². The zero-order valence-electron chi connectivity index (χ0n) is 12.3. The fraction of sp³-hybridized carbons (Fsp3) is 0.467. The van der Waals surface area contributed by atoms with E-state index in [0.717, 1.165) is 4.90 Å². The predicted molar refractivity (Wildman–Crippen MR) is 76.7 cm³/mol. The topological polar surface area (TPSA) is 88.1 Å². The largest absolute Gasteiger partial charge is 0.486 e. The molecule has 3 rings (SSSR count). The Balaban J connectivity index is 2.00. The van der Waals surface area contributed by atoms with Gasteiger partial charge in [-0.1, -0.05) is 13.0 Å². The molecule has 0 bridgehead atoms. The van der Waals surface area contributed by atoms with E-state index in [2.05, 4.69) is 5.32 Å². The number of rotatable bonds is 4. The van der Waals surface area contributed by atoms with Gasteiger partial charge < -0.3 is 19.9 Å². The lowest BCUT2D eigenvalue weighted by Crippen LogP contribution is -2.43. The maximum Gasteiger partial charge on any atom is 0.325 e. The first-order valence-corrected chi connectivity index (χ1v) is 7.27. The zero-order valence-corrected chi connectivity index (χ0v) is 12.3. The molecule has 1 atom stereocenters. The van der Waals surface area contributed by atoms with E-state index in [4.69, 9.17) is 14.6 Å². The smallest absolute Gasteiger partial charge is 0.325 e. The van der Waals surface area contributed by atoms with Crippen molar-refractivity contribution in [1.29, 1.82) is 0 Å². The molecule has 2 N–H and O–H groups in total. The lowest BCUT2D eigenvalue weighted by atomic mass is 9.87. The summed E-state index contributed by atoms with van der Waals surface area (Å²) in [7, 11) is 0. The summed E-state index contributed by atoms with van der Waals surface area (Å²) in [5.74, 6) is 0.843. The van der Waals surface area contributed by atoms with Crippen LogP contribution in [0.1, 0.15) is 18.9 Å². The van der Waals surface area contributed by atoms with Crippen molar-refractivity contribution in [2.24, 2.45) is 0 Å². The lowest BCUT2D eigenvalue weighted by molar-refractivity contribution is -0.132. The van der Waals surface area contributed by atoms with Crippen molar-refractivity contribution in [3.63, 3.8) is 0 Å². The third-order valence-electron chi connectivity index (χ3n) is 4.06. The maximum atomic E-state index is 12.7. The molecular formula is C15H18N2O5. The molecule has 0 saturated carbocycles. The molecule has 7 nitrogen and oxygen atoms in total. The molecule has 118 valence electrons. The van der Waals surface area contributed by atoms with Gasteiger partial charge >= 0.3 is 6.03 Å². The highest BCUT2D eigenvalue weighted by molar-refractivity contribution is 6.07. The van der Waals surface area contributed by atoms with E-state index in [1.54, 1.807) is 18.2 Å². The molecule has 0 radical (unpaired) electrons. The molecule has 1 unspecified atom stereocenters. The second-order valence-electron chi connectivity index (χ2n) is 5.23. The number of hydrogen-bond acceptors (Lipinski definition) is 5. The third kappa shape index (κ3) is 2.09. The van der Waals surface area contributed by atoms with Gasteiger partial charge in [-0.2, -0.15) is 0 Å². The van der Waals surface area contributed by atoms with Gasteiger partial charge in [0.1, 0.15) is 18.8 Å². The molecule has 3 amide bonds. The molecule has 2 aliphatic rings. The number of carbonyl (C=O) groups is 2. The fourth-order valence-electron chi connectivity index (χ4n) is 2.88. The molecule has 1 saturated heterocycles. The minimum absolute atomic E-state index is 0.0169. The van der Waals surface area contributed by atoms with Crippen LogP contribution < -0.4 is 14.8 Å². The van der Waals surface area contributed by atoms with Crippen LogP contribution in [0.2, 0.25) is 0 Å². The minimum atomic E-state index is -1.12. The number of benzene rings is 1. The number of nitrogens with one attached hydrogen (secondary N) is 1. The van der Waals surface area contributed by atoms with Crippen molar-refractivity contribution in [2.75, 3.05) is 26.4 Å². The first-order chi connectivity index (χ1) is 10.6. The number of carbonyl (C=O) groups excluding carboxylic acids is 2. The summed E-state index contributed by atoms with van der Waals surface area (Å²) in [5.41, 5.74) is -0.472. The Morgan fingerprint density at radius 2 is 2.00 bits per heavy atom. The van der Waals surface area contributed by atoms with Crippen LogP contribution in [-0.4, -0.2) is 48.3 Å². The second-order valence-corrected chi connectivity index (χ2v) is 5.23. The van der Waals surface area contributed by atoms with E-state index >= 15 is 0 Å². The van der Waals surface area contributed by atoms with Crippen LogP contribution in [-0.2, 0) is 10.3 Å². The van der Waals surface area contributed by atoms with Gasteiger partial charge in [-0.25, -0.2) is 4.79 Å². The van der Waals surface area contributed by atoms with Crippen LogP contribution in [0.5, 0.6) is 11.5 Å². The average Bonchev–Trinajstić information content (AvgIpc) is 2.80. The van der Waals surface area contributed by atoms with Gasteiger partial charge in [0, 0.05) is 0 Å². The summed E-state index contributed by atoms with van der Waals surface area (Å²) in [6.45, 7) is 2.49. The van der Waals surface area contributed by atoms with Crippen molar-refractivity contribution < 1.29 is 24.2 Å². The van der Waals surface area contributed by atoms with Crippen LogP contribution in [0.15, 0.2) is 18.2 Å². The van der Waals surface area contributed by atoms with Gasteiger partial charge in [-0.3, -0.25) is 9.69 Å². The molecule has 22 heavy (non-hydrogen) atoms. The van der Waals surface area contributed by atoms with Gasteiger partial charge in [0.15, 0.2) is 11.5 Å². The Labute approximate surface area is 127 Å². The quantitative estimate of drug-likeness (QED) is 0.796. The molecule has 0 spiro atoms. The summed E-state index contributed by atoms with van der Waals surface area (Å²) in [5, 5.41) is 11.8. The first-order valence-electron chi connectivity index (χ1n) is 7.27. The van der Waals surface area contributed by atoms with Gasteiger partial charge in [-0.05, 0) is 24.1 Å². The van der Waals surface area contributed by atoms with E-state index in [1.807, 2.05) is 6.92 Å². The molecule has 2 aliphatic heterocycles. The highest BCUT2D eigenvalue weighted by Crippen LogP contribution is 2.38. The molecule has 1 fully saturated rings. The number of aliphatic hydroxyl groups excluding tert-OH is 1. The molecule has 0 aliphatic carbocycles. The number of nitrogens with zero attached hydrogens (tertiary/aromatic N) is 1. The number of imide groups is 1. The summed E-state index contributed by atoms with van der Waals surface area (Å²) in [4.78, 5) is 25.8. The molecule has 7 heteroatoms. The fourth-order valence-corrected chi connectivity index (χ4v) is 2.88. The standard InChI is InChI=1S/C15H18N2O5/c1-2-15(13(19)17(5-6-18)14(20)16-15)10-3-4-11-12(9-10)22-8-7-21-11/h3-4,9,18H,2,5-8H2,1H3,(H,16,20). The number of aliphatic hydroxyl groups is 1. The summed E-state index contributed by atoms with van der Waals surface area (Å²) >= 11 is 0. The van der Waals surface area contributed by atoms with Crippen molar-refractivity contribution in [2.45, 2.75) is 18.9 Å². The van der Waals surface area contributed by atoms with E-state index < -0.39 is 11.6 Å². The number of hydrogen-bond donors (Lipinski definition) is 2. The van der Waals surface area contributed by atoms with Crippen LogP contribution in [0, 0.1) is 0 Å². The van der Waals surface area contributed by atoms with E-state index in [1.165, 1.54) is 0 Å². The maximum absolute atomic E-state index is 12.7. The Kier molecular flexibility index (Phi) is 3.66. The zero-order chi connectivity index (χ0) is 15.7. The van der Waals surface area contributed by atoms with Gasteiger partial charge in [0.05, 0.1) is 13.2 Å². The summed E-state index contributed by atoms with van der Waals surface area (Å²) < 4.78 is 11.0. The van der Waals surface area contributed by atoms with Crippen molar-refractivity contribution in [1.82, 2.24) is 10.2 Å². The van der Waals surface area contributed by atoms with Gasteiger partial charge in [0.25, 0.3) is 5.91 Å². The van der Waals surface area contributed by atoms with Gasteiger partial charge in [0.2, 0.25) is 0 Å². The number of β-amino-alcohol motifs (C(OH)–C–C–N with tert-alkyl or cyclic N) is 1. The Bertz CT molecular complexity index is 618. The highest BCUT2D eigenvalue weighted by atomic mass is 16.6. The van der Waals surface area contributed by atoms with Crippen LogP contribution in [0.4, 0.5) is 4.79 Å². The average molecular weight is 306 g/mol. The Morgan fingerprint density at radius 1 is 1.27 bits per heavy atom. The van der Waals surface area contributed by atoms with Gasteiger partial charge in [-0.15, -0.1) is 0 Å². The number of fused-ring (bicyclic) bond motifs is 1. The lowest BCUT2D eigenvalue weighted by Gasteiger charge is -2.27. The second kappa shape index (κ2) is 5.49.